The lowest BCUT2D eigenvalue weighted by molar-refractivity contribution is -0.137. The molecule has 2 aromatic carbocycles. The maximum absolute atomic E-state index is 12.7. The van der Waals surface area contributed by atoms with Crippen molar-refractivity contribution in [1.82, 2.24) is 10.6 Å². The van der Waals surface area contributed by atoms with Gasteiger partial charge in [-0.3, -0.25) is 9.59 Å². The first kappa shape index (κ1) is 24.8. The van der Waals surface area contributed by atoms with Crippen LogP contribution in [0.15, 0.2) is 48.5 Å². The Hall–Kier alpha value is -3.83. The molecule has 0 fully saturated rings. The Morgan fingerprint density at radius 3 is 2.24 bits per heavy atom. The number of fused-ring (bicyclic) bond motifs is 3. The van der Waals surface area contributed by atoms with Gasteiger partial charge in [0, 0.05) is 25.9 Å². The Labute approximate surface area is 198 Å². The third-order valence-corrected chi connectivity index (χ3v) is 5.68. The Morgan fingerprint density at radius 2 is 1.68 bits per heavy atom. The van der Waals surface area contributed by atoms with Gasteiger partial charge in [0.25, 0.3) is 0 Å². The molecule has 0 aromatic heterocycles. The van der Waals surface area contributed by atoms with Gasteiger partial charge in [-0.05, 0) is 28.7 Å². The highest BCUT2D eigenvalue weighted by Gasteiger charge is 2.30. The van der Waals surface area contributed by atoms with Gasteiger partial charge in [-0.25, -0.2) is 4.79 Å². The first-order chi connectivity index (χ1) is 16.4. The fraction of sp³-hybridized carbons (Fsp3) is 0.346. The van der Waals surface area contributed by atoms with E-state index in [1.807, 2.05) is 48.5 Å². The lowest BCUT2D eigenvalue weighted by Crippen LogP contribution is -2.51. The predicted octanol–water partition coefficient (Wildman–Crippen LogP) is 2.91. The van der Waals surface area contributed by atoms with Crippen molar-refractivity contribution in [3.63, 3.8) is 0 Å². The standard InChI is InChI=1S/C26H28N2O6/c1-3-8-17(15-33-2)27-25(31)23(13-14-24(29)30)28-26(32)34-16-22-20-11-6-4-9-18(20)19-10-5-7-12-21(19)22/h1,4-7,9-12,17,22-23H,8,13-16H2,2H3,(H,27,31)(H,28,32)(H,29,30). The number of nitrogens with one attached hydrogen (secondary N) is 2. The van der Waals surface area contributed by atoms with E-state index >= 15 is 0 Å². The van der Waals surface area contributed by atoms with Crippen molar-refractivity contribution in [2.75, 3.05) is 20.3 Å². The molecule has 8 heteroatoms. The first-order valence-corrected chi connectivity index (χ1v) is 11.0. The molecule has 0 bridgehead atoms. The van der Waals surface area contributed by atoms with Crippen molar-refractivity contribution >= 4 is 18.0 Å². The molecule has 3 N–H and O–H groups in total. The number of carboxylic acid groups (broad SMARTS) is 1. The van der Waals surface area contributed by atoms with Crippen LogP contribution in [0.1, 0.15) is 36.3 Å². The van der Waals surface area contributed by atoms with Crippen LogP contribution in [0, 0.1) is 12.3 Å². The Morgan fingerprint density at radius 1 is 1.06 bits per heavy atom. The molecule has 0 aliphatic heterocycles. The van der Waals surface area contributed by atoms with Crippen LogP contribution < -0.4 is 10.6 Å². The van der Waals surface area contributed by atoms with Crippen LogP contribution in [-0.2, 0) is 19.1 Å². The summed E-state index contributed by atoms with van der Waals surface area (Å²) in [7, 11) is 1.48. The number of amides is 2. The molecule has 0 saturated carbocycles. The van der Waals surface area contributed by atoms with Crippen LogP contribution in [0.25, 0.3) is 11.1 Å². The number of carbonyl (C=O) groups excluding carboxylic acids is 2. The summed E-state index contributed by atoms with van der Waals surface area (Å²) < 4.78 is 10.5. The maximum Gasteiger partial charge on any atom is 0.407 e. The van der Waals surface area contributed by atoms with Gasteiger partial charge in [0.2, 0.25) is 5.91 Å². The van der Waals surface area contributed by atoms with Crippen molar-refractivity contribution in [1.29, 1.82) is 0 Å². The summed E-state index contributed by atoms with van der Waals surface area (Å²) >= 11 is 0. The van der Waals surface area contributed by atoms with Gasteiger partial charge in [0.05, 0.1) is 12.6 Å². The highest BCUT2D eigenvalue weighted by atomic mass is 16.5. The predicted molar refractivity (Wildman–Crippen MR) is 126 cm³/mol. The van der Waals surface area contributed by atoms with Gasteiger partial charge in [-0.1, -0.05) is 48.5 Å². The Balaban J connectivity index is 1.66. The van der Waals surface area contributed by atoms with E-state index in [9.17, 15) is 14.4 Å². The number of terminal acetylenes is 1. The second-order valence-electron chi connectivity index (χ2n) is 8.02. The van der Waals surface area contributed by atoms with E-state index < -0.39 is 30.1 Å². The van der Waals surface area contributed by atoms with E-state index in [0.29, 0.717) is 0 Å². The largest absolute Gasteiger partial charge is 0.481 e. The second kappa shape index (κ2) is 11.9. The van der Waals surface area contributed by atoms with E-state index in [2.05, 4.69) is 16.6 Å². The van der Waals surface area contributed by atoms with Crippen molar-refractivity contribution < 1.29 is 29.0 Å². The summed E-state index contributed by atoms with van der Waals surface area (Å²) in [5.41, 5.74) is 4.33. The third-order valence-electron chi connectivity index (χ3n) is 5.68. The zero-order valence-electron chi connectivity index (χ0n) is 19.0. The van der Waals surface area contributed by atoms with E-state index in [-0.39, 0.29) is 38.4 Å². The SMILES string of the molecule is C#CCC(COC)NC(=O)C(CCC(=O)O)NC(=O)OCC1c2ccccc2-c2ccccc21. The summed E-state index contributed by atoms with van der Waals surface area (Å²) in [5.74, 6) is 0.693. The fourth-order valence-electron chi connectivity index (χ4n) is 4.12. The number of alkyl carbamates (subject to hydrolysis) is 1. The molecular formula is C26H28N2O6. The highest BCUT2D eigenvalue weighted by Crippen LogP contribution is 2.44. The van der Waals surface area contributed by atoms with Crippen molar-refractivity contribution in [2.24, 2.45) is 0 Å². The summed E-state index contributed by atoms with van der Waals surface area (Å²) in [6.07, 6.45) is 4.37. The molecular weight excluding hydrogens is 436 g/mol. The number of methoxy groups -OCH3 is 1. The van der Waals surface area contributed by atoms with Gasteiger partial charge in [-0.15, -0.1) is 12.3 Å². The molecule has 0 spiro atoms. The highest BCUT2D eigenvalue weighted by molar-refractivity contribution is 5.86. The lowest BCUT2D eigenvalue weighted by atomic mass is 9.98. The van der Waals surface area contributed by atoms with Crippen molar-refractivity contribution in [3.8, 4) is 23.5 Å². The number of hydrogen-bond donors (Lipinski definition) is 3. The molecule has 1 aliphatic rings. The van der Waals surface area contributed by atoms with Gasteiger partial charge in [0.15, 0.2) is 0 Å². The summed E-state index contributed by atoms with van der Waals surface area (Å²) in [4.78, 5) is 36.4. The molecule has 34 heavy (non-hydrogen) atoms. The van der Waals surface area contributed by atoms with E-state index in [0.717, 1.165) is 22.3 Å². The first-order valence-electron chi connectivity index (χ1n) is 11.0. The topological polar surface area (TPSA) is 114 Å². The van der Waals surface area contributed by atoms with E-state index in [1.165, 1.54) is 7.11 Å². The molecule has 3 rings (SSSR count). The van der Waals surface area contributed by atoms with E-state index in [1.54, 1.807) is 0 Å². The molecule has 2 amide bonds. The number of aliphatic carboxylic acids is 1. The second-order valence-corrected chi connectivity index (χ2v) is 8.02. The van der Waals surface area contributed by atoms with Crippen LogP contribution >= 0.6 is 0 Å². The number of ether oxygens (including phenoxy) is 2. The molecule has 0 saturated heterocycles. The Kier molecular flexibility index (Phi) is 8.66. The average Bonchev–Trinajstić information content (AvgIpc) is 3.14. The molecule has 1 aliphatic carbocycles. The summed E-state index contributed by atoms with van der Waals surface area (Å²) in [5, 5.41) is 14.2. The summed E-state index contributed by atoms with van der Waals surface area (Å²) in [6.45, 7) is 0.267. The quantitative estimate of drug-likeness (QED) is 0.441. The number of carbonyl (C=O) groups is 3. The van der Waals surface area contributed by atoms with E-state index in [4.69, 9.17) is 21.0 Å². The van der Waals surface area contributed by atoms with Gasteiger partial charge in [-0.2, -0.15) is 0 Å². The molecule has 0 radical (unpaired) electrons. The Bertz CT molecular complexity index is 1030. The molecule has 178 valence electrons. The summed E-state index contributed by atoms with van der Waals surface area (Å²) in [6, 6.07) is 14.3. The number of carboxylic acids is 1. The molecule has 2 aromatic rings. The van der Waals surface area contributed by atoms with Gasteiger partial charge in [0.1, 0.15) is 12.6 Å². The van der Waals surface area contributed by atoms with Crippen LogP contribution in [-0.4, -0.2) is 55.5 Å². The zero-order chi connectivity index (χ0) is 24.5. The van der Waals surface area contributed by atoms with Gasteiger partial charge < -0.3 is 25.2 Å². The van der Waals surface area contributed by atoms with Crippen molar-refractivity contribution in [2.45, 2.75) is 37.3 Å². The van der Waals surface area contributed by atoms with Crippen LogP contribution in [0.4, 0.5) is 4.79 Å². The molecule has 2 atom stereocenters. The average molecular weight is 465 g/mol. The number of rotatable bonds is 11. The number of benzene rings is 2. The van der Waals surface area contributed by atoms with Crippen molar-refractivity contribution in [3.05, 3.63) is 59.7 Å². The normalized spacial score (nSPS) is 13.6. The monoisotopic (exact) mass is 464 g/mol. The molecule has 2 unspecified atom stereocenters. The molecule has 8 nitrogen and oxygen atoms in total. The maximum atomic E-state index is 12.7. The minimum absolute atomic E-state index is 0.0799. The van der Waals surface area contributed by atoms with Gasteiger partial charge >= 0.3 is 12.1 Å². The minimum atomic E-state index is -1.09. The third kappa shape index (κ3) is 6.15. The smallest absolute Gasteiger partial charge is 0.407 e. The van der Waals surface area contributed by atoms with Crippen LogP contribution in [0.5, 0.6) is 0 Å². The zero-order valence-corrected chi connectivity index (χ0v) is 19.0. The molecule has 0 heterocycles. The minimum Gasteiger partial charge on any atom is -0.481 e. The van der Waals surface area contributed by atoms with Crippen LogP contribution in [0.2, 0.25) is 0 Å². The lowest BCUT2D eigenvalue weighted by Gasteiger charge is -2.22. The fourth-order valence-corrected chi connectivity index (χ4v) is 4.12. The number of hydrogen-bond acceptors (Lipinski definition) is 5. The van der Waals surface area contributed by atoms with Crippen LogP contribution in [0.3, 0.4) is 0 Å².